The number of nitrogens with zero attached hydrogens (tertiary/aromatic N) is 3. The lowest BCUT2D eigenvalue weighted by Gasteiger charge is -2.47. The van der Waals surface area contributed by atoms with Gasteiger partial charge in [0.05, 0.1) is 23.7 Å². The minimum atomic E-state index is -4.23. The largest absolute Gasteiger partial charge is 0.475 e. The topological polar surface area (TPSA) is 128 Å². The van der Waals surface area contributed by atoms with Gasteiger partial charge in [0.2, 0.25) is 11.8 Å². The fourth-order valence-electron chi connectivity index (χ4n) is 6.70. The lowest BCUT2D eigenvalue weighted by molar-refractivity contribution is 0.00890. The number of rotatable bonds is 5. The molecule has 3 aliphatic rings. The van der Waals surface area contributed by atoms with Crippen molar-refractivity contribution in [3.8, 4) is 17.1 Å². The highest BCUT2D eigenvalue weighted by Gasteiger charge is 2.56. The molecule has 0 saturated heterocycles. The Morgan fingerprint density at radius 1 is 1.11 bits per heavy atom. The molecular formula is C33H38N4O6S. The van der Waals surface area contributed by atoms with Gasteiger partial charge < -0.3 is 14.4 Å². The summed E-state index contributed by atoms with van der Waals surface area (Å²) < 4.78 is 41.4. The van der Waals surface area contributed by atoms with E-state index in [9.17, 15) is 18.0 Å². The first-order valence-corrected chi connectivity index (χ1v) is 16.5. The molecule has 44 heavy (non-hydrogen) atoms. The van der Waals surface area contributed by atoms with Gasteiger partial charge in [0.25, 0.3) is 15.9 Å². The number of hydrogen-bond acceptors (Lipinski definition) is 8. The third kappa shape index (κ3) is 5.53. The fourth-order valence-corrected chi connectivity index (χ4v) is 7.69. The van der Waals surface area contributed by atoms with Gasteiger partial charge in [-0.3, -0.25) is 4.79 Å². The first-order chi connectivity index (χ1) is 20.9. The van der Waals surface area contributed by atoms with E-state index in [0.717, 1.165) is 24.0 Å². The van der Waals surface area contributed by atoms with Crippen molar-refractivity contribution in [2.24, 2.45) is 11.3 Å². The lowest BCUT2D eigenvalue weighted by Crippen LogP contribution is -2.55. The second-order valence-corrected chi connectivity index (χ2v) is 14.5. The van der Waals surface area contributed by atoms with Crippen molar-refractivity contribution in [3.05, 3.63) is 64.7 Å². The zero-order chi connectivity index (χ0) is 31.4. The predicted molar refractivity (Wildman–Crippen MR) is 165 cm³/mol. The maximum absolute atomic E-state index is 14.3. The summed E-state index contributed by atoms with van der Waals surface area (Å²) in [7, 11) is -2.97. The number of nitrogens with one attached hydrogen (secondary N) is 1. The third-order valence-corrected chi connectivity index (χ3v) is 10.4. The van der Waals surface area contributed by atoms with Gasteiger partial charge in [-0.15, -0.1) is 0 Å². The maximum Gasteiger partial charge on any atom is 0.345 e. The number of hydrogen-bond donors (Lipinski definition) is 1. The monoisotopic (exact) mass is 618 g/mol. The number of methoxy groups -OCH3 is 1. The van der Waals surface area contributed by atoms with Crippen molar-refractivity contribution >= 4 is 27.8 Å². The van der Waals surface area contributed by atoms with Gasteiger partial charge in [0, 0.05) is 17.2 Å². The molecule has 4 bridgehead atoms. The highest BCUT2D eigenvalue weighted by atomic mass is 32.2. The molecule has 2 aliphatic carbocycles. The second kappa shape index (κ2) is 11.2. The molecule has 6 rings (SSSR count). The van der Waals surface area contributed by atoms with Crippen molar-refractivity contribution in [3.63, 3.8) is 0 Å². The normalized spacial score (nSPS) is 20.5. The summed E-state index contributed by atoms with van der Waals surface area (Å²) in [6.07, 6.45) is 4.80. The van der Waals surface area contributed by atoms with Crippen LogP contribution in [0.3, 0.4) is 0 Å². The average molecular weight is 619 g/mol. The first kappa shape index (κ1) is 30.1. The lowest BCUT2D eigenvalue weighted by atomic mass is 9.75. The molecule has 2 aromatic carbocycles. The summed E-state index contributed by atoms with van der Waals surface area (Å²) in [4.78, 5) is 38.4. The zero-order valence-electron chi connectivity index (χ0n) is 25.7. The summed E-state index contributed by atoms with van der Waals surface area (Å²) in [5.41, 5.74) is 3.10. The minimum Gasteiger partial charge on any atom is -0.475 e. The van der Waals surface area contributed by atoms with E-state index < -0.39 is 16.0 Å². The van der Waals surface area contributed by atoms with E-state index in [2.05, 4.69) is 28.5 Å². The van der Waals surface area contributed by atoms with Gasteiger partial charge in [0.15, 0.2) is 0 Å². The van der Waals surface area contributed by atoms with E-state index in [1.54, 1.807) is 12.1 Å². The zero-order valence-corrected chi connectivity index (χ0v) is 26.5. The third-order valence-electron chi connectivity index (χ3n) is 9.07. The second-order valence-electron chi connectivity index (χ2n) is 12.8. The molecule has 232 valence electrons. The van der Waals surface area contributed by atoms with Crippen LogP contribution >= 0.6 is 0 Å². The molecule has 0 radical (unpaired) electrons. The molecule has 1 atom stereocenters. The van der Waals surface area contributed by atoms with E-state index in [-0.39, 0.29) is 64.1 Å². The molecule has 1 amide bonds. The number of sulfonamides is 1. The molecule has 1 aromatic heterocycles. The number of anilines is 1. The summed E-state index contributed by atoms with van der Waals surface area (Å²) in [5, 5.41) is 0. The highest BCUT2D eigenvalue weighted by molar-refractivity contribution is 7.92. The average Bonchev–Trinajstić information content (AvgIpc) is 3.76. The Labute approximate surface area is 258 Å². The van der Waals surface area contributed by atoms with Crippen LogP contribution in [0.25, 0.3) is 11.3 Å². The van der Waals surface area contributed by atoms with Crippen LogP contribution in [0, 0.1) is 25.2 Å². The Balaban J connectivity index is 1.56. The molecule has 1 N–H and O–H groups in total. The maximum atomic E-state index is 14.3. The summed E-state index contributed by atoms with van der Waals surface area (Å²) in [5.74, 6) is -1.09. The molecule has 2 fully saturated rings. The Morgan fingerprint density at radius 2 is 1.80 bits per heavy atom. The smallest absolute Gasteiger partial charge is 0.345 e. The number of esters is 1. The Bertz CT molecular complexity index is 1720. The van der Waals surface area contributed by atoms with Gasteiger partial charge in [-0.05, 0) is 86.6 Å². The number of amides is 1. The predicted octanol–water partition coefficient (Wildman–Crippen LogP) is 5.54. The van der Waals surface area contributed by atoms with Crippen LogP contribution in [0.2, 0.25) is 0 Å². The van der Waals surface area contributed by atoms with Crippen LogP contribution < -0.4 is 9.46 Å². The van der Waals surface area contributed by atoms with Crippen LogP contribution in [0.1, 0.15) is 77.8 Å². The van der Waals surface area contributed by atoms with Crippen molar-refractivity contribution in [2.75, 3.05) is 18.4 Å². The number of carbonyl (C=O) groups is 2. The fraction of sp³-hybridized carbons (Fsp3) is 0.455. The number of carbonyl (C=O) groups excluding carboxylic acids is 2. The molecule has 2 heterocycles. The molecule has 1 spiro atoms. The molecule has 10 nitrogen and oxygen atoms in total. The van der Waals surface area contributed by atoms with Gasteiger partial charge >= 0.3 is 5.97 Å². The summed E-state index contributed by atoms with van der Waals surface area (Å²) in [6, 6.07) is 11.4. The summed E-state index contributed by atoms with van der Waals surface area (Å²) in [6.45, 7) is 8.00. The van der Waals surface area contributed by atoms with Crippen LogP contribution in [0.5, 0.6) is 5.88 Å². The van der Waals surface area contributed by atoms with Crippen molar-refractivity contribution in [1.82, 2.24) is 14.9 Å². The summed E-state index contributed by atoms with van der Waals surface area (Å²) >= 11 is 0. The Hall–Kier alpha value is -3.99. The molecule has 11 heteroatoms. The van der Waals surface area contributed by atoms with Crippen LogP contribution in [0.4, 0.5) is 5.95 Å². The SMILES string of the molecule is COC(=O)c1c2nc(nc1-c1c(C)cccc1C)NS(=O)(=O)c1cccc(c1)C(=O)N(C1CC3(CC3)C1)[C@H](CC(C)C)CO2. The van der Waals surface area contributed by atoms with E-state index in [0.29, 0.717) is 17.4 Å². The quantitative estimate of drug-likeness (QED) is 0.369. The van der Waals surface area contributed by atoms with Crippen molar-refractivity contribution in [1.29, 1.82) is 0 Å². The van der Waals surface area contributed by atoms with Crippen LogP contribution in [0.15, 0.2) is 47.4 Å². The number of ether oxygens (including phenoxy) is 2. The number of aryl methyl sites for hydroxylation is 2. The standard InChI is InChI=1S/C33H38N4O6S/c1-19(2)14-23-18-43-29-27(31(39)42-5)28(26-20(3)8-6-9-21(26)4)34-32(35-29)36-44(40,41)25-11-7-10-22(15-25)30(38)37(23)24-16-33(17-24)12-13-33/h6-11,15,19,23-24H,12-14,16-18H2,1-5H3,(H,34,35,36)/t23-/m1/s1. The van der Waals surface area contributed by atoms with E-state index in [1.165, 1.54) is 32.1 Å². The van der Waals surface area contributed by atoms with Gasteiger partial charge in [-0.25, -0.2) is 22.9 Å². The van der Waals surface area contributed by atoms with Gasteiger partial charge in [-0.2, -0.15) is 4.98 Å². The van der Waals surface area contributed by atoms with Gasteiger partial charge in [0.1, 0.15) is 12.2 Å². The van der Waals surface area contributed by atoms with Crippen molar-refractivity contribution < 1.29 is 27.5 Å². The number of aromatic nitrogens is 2. The molecular weight excluding hydrogens is 580 g/mol. The van der Waals surface area contributed by atoms with Crippen LogP contribution in [-0.2, 0) is 14.8 Å². The van der Waals surface area contributed by atoms with Crippen molar-refractivity contribution in [2.45, 2.75) is 76.8 Å². The molecule has 2 saturated carbocycles. The van der Waals surface area contributed by atoms with E-state index >= 15 is 0 Å². The van der Waals surface area contributed by atoms with Gasteiger partial charge in [-0.1, -0.05) is 38.1 Å². The Kier molecular flexibility index (Phi) is 7.63. The number of fused-ring (bicyclic) bond motifs is 4. The molecule has 0 unspecified atom stereocenters. The van der Waals surface area contributed by atoms with E-state index in [1.807, 2.05) is 36.9 Å². The Morgan fingerprint density at radius 3 is 2.43 bits per heavy atom. The van der Waals surface area contributed by atoms with E-state index in [4.69, 9.17) is 9.47 Å². The molecule has 3 aromatic rings. The van der Waals surface area contributed by atoms with Crippen LogP contribution in [-0.4, -0.2) is 61.0 Å². The minimum absolute atomic E-state index is 0.00656. The first-order valence-electron chi connectivity index (χ1n) is 15.1. The molecule has 1 aliphatic heterocycles. The number of benzene rings is 2. The highest BCUT2D eigenvalue weighted by Crippen LogP contribution is 2.62.